The van der Waals surface area contributed by atoms with Gasteiger partial charge in [-0.15, -0.1) is 0 Å². The highest BCUT2D eigenvalue weighted by atomic mass is 16.5. The number of benzene rings is 3. The molecule has 36 heavy (non-hydrogen) atoms. The number of hydrogen-bond acceptors (Lipinski definition) is 5. The molecule has 1 heterocycles. The molecule has 3 aromatic carbocycles. The summed E-state index contributed by atoms with van der Waals surface area (Å²) >= 11 is 0. The number of imide groups is 1. The number of carbonyl (C=O) groups excluding carboxylic acids is 4. The first kappa shape index (κ1) is 23.4. The molecule has 2 aliphatic rings. The number of hydrogen-bond donors (Lipinski definition) is 0. The van der Waals surface area contributed by atoms with Gasteiger partial charge in [-0.3, -0.25) is 19.3 Å². The minimum atomic E-state index is -0.652. The molecule has 3 aromatic rings. The van der Waals surface area contributed by atoms with Gasteiger partial charge in [0.1, 0.15) is 0 Å². The molecule has 3 atom stereocenters. The lowest BCUT2D eigenvalue weighted by molar-refractivity contribution is -0.122. The lowest BCUT2D eigenvalue weighted by atomic mass is 9.78. The fourth-order valence-corrected chi connectivity index (χ4v) is 4.93. The molecule has 1 fully saturated rings. The van der Waals surface area contributed by atoms with Crippen LogP contribution in [0.3, 0.4) is 0 Å². The molecule has 1 aliphatic carbocycles. The van der Waals surface area contributed by atoms with E-state index in [2.05, 4.69) is 0 Å². The molecule has 0 radical (unpaired) electrons. The van der Waals surface area contributed by atoms with Crippen LogP contribution in [-0.2, 0) is 14.3 Å². The Morgan fingerprint density at radius 1 is 0.833 bits per heavy atom. The first-order valence-electron chi connectivity index (χ1n) is 11.9. The number of nitrogens with zero attached hydrogens (tertiary/aromatic N) is 1. The number of allylic oxidation sites excluding steroid dienone is 2. The maximum Gasteiger partial charge on any atom is 0.338 e. The molecule has 0 saturated carbocycles. The van der Waals surface area contributed by atoms with Gasteiger partial charge < -0.3 is 4.74 Å². The number of esters is 1. The van der Waals surface area contributed by atoms with E-state index in [-0.39, 0.29) is 47.5 Å². The SMILES string of the molecule is C[C@@H]1C=CC[C@H]2C(=O)N(c3ccc(C(=O)OCC(=O)c4ccc(-c5ccccc5)cc4)cc3)C(=O)[C@@H]12. The second-order valence-corrected chi connectivity index (χ2v) is 9.16. The van der Waals surface area contributed by atoms with Crippen molar-refractivity contribution < 1.29 is 23.9 Å². The highest BCUT2D eigenvalue weighted by Gasteiger charge is 2.50. The van der Waals surface area contributed by atoms with Gasteiger partial charge in [0, 0.05) is 5.56 Å². The van der Waals surface area contributed by atoms with Crippen LogP contribution in [0.4, 0.5) is 5.69 Å². The van der Waals surface area contributed by atoms with E-state index >= 15 is 0 Å². The number of carbonyl (C=O) groups is 4. The van der Waals surface area contributed by atoms with Crippen LogP contribution in [0.25, 0.3) is 11.1 Å². The monoisotopic (exact) mass is 479 g/mol. The number of ether oxygens (including phenoxy) is 1. The summed E-state index contributed by atoms with van der Waals surface area (Å²) < 4.78 is 5.21. The number of anilines is 1. The van der Waals surface area contributed by atoms with Gasteiger partial charge >= 0.3 is 5.97 Å². The number of amides is 2. The summed E-state index contributed by atoms with van der Waals surface area (Å²) in [5, 5.41) is 0. The molecular formula is C30H25NO5. The van der Waals surface area contributed by atoms with Crippen molar-refractivity contribution in [1.82, 2.24) is 0 Å². The highest BCUT2D eigenvalue weighted by molar-refractivity contribution is 6.22. The lowest BCUT2D eigenvalue weighted by Gasteiger charge is -2.22. The third-order valence-electron chi connectivity index (χ3n) is 6.88. The average Bonchev–Trinajstić information content (AvgIpc) is 3.18. The Kier molecular flexibility index (Phi) is 6.34. The molecule has 1 aliphatic heterocycles. The van der Waals surface area contributed by atoms with Gasteiger partial charge in [0.05, 0.1) is 23.1 Å². The van der Waals surface area contributed by atoms with Gasteiger partial charge in [-0.1, -0.05) is 73.7 Å². The van der Waals surface area contributed by atoms with Gasteiger partial charge in [0.15, 0.2) is 12.4 Å². The molecule has 1 saturated heterocycles. The third kappa shape index (κ3) is 4.38. The van der Waals surface area contributed by atoms with Crippen LogP contribution in [0.15, 0.2) is 91.0 Å². The quantitative estimate of drug-likeness (QED) is 0.213. The average molecular weight is 480 g/mol. The van der Waals surface area contributed by atoms with Crippen LogP contribution in [0.5, 0.6) is 0 Å². The van der Waals surface area contributed by atoms with E-state index in [1.165, 1.54) is 17.0 Å². The smallest absolute Gasteiger partial charge is 0.338 e. The van der Waals surface area contributed by atoms with E-state index in [4.69, 9.17) is 4.74 Å². The summed E-state index contributed by atoms with van der Waals surface area (Å²) in [6.45, 7) is 1.56. The molecule has 0 bridgehead atoms. The lowest BCUT2D eigenvalue weighted by Crippen LogP contribution is -2.31. The van der Waals surface area contributed by atoms with Gasteiger partial charge in [-0.25, -0.2) is 4.79 Å². The van der Waals surface area contributed by atoms with Crippen molar-refractivity contribution in [1.29, 1.82) is 0 Å². The fourth-order valence-electron chi connectivity index (χ4n) is 4.93. The van der Waals surface area contributed by atoms with Crippen LogP contribution in [0, 0.1) is 17.8 Å². The van der Waals surface area contributed by atoms with E-state index in [0.717, 1.165) is 11.1 Å². The summed E-state index contributed by atoms with van der Waals surface area (Å²) in [5.41, 5.74) is 3.15. The number of ketones is 1. The Labute approximate surface area is 209 Å². The molecular weight excluding hydrogens is 454 g/mol. The Morgan fingerprint density at radius 2 is 1.47 bits per heavy atom. The standard InChI is InChI=1S/C30H25NO5/c1-19-6-5-9-25-27(19)29(34)31(28(25)33)24-16-14-23(15-17-24)30(35)36-18-26(32)22-12-10-21(11-13-22)20-7-3-2-4-8-20/h2-8,10-17,19,25,27H,9,18H2,1H3/t19-,25-,27+/m1/s1. The van der Waals surface area contributed by atoms with Crippen LogP contribution in [-0.4, -0.2) is 30.2 Å². The van der Waals surface area contributed by atoms with Crippen LogP contribution in [0.1, 0.15) is 34.1 Å². The molecule has 2 amide bonds. The van der Waals surface area contributed by atoms with Crippen LogP contribution in [0.2, 0.25) is 0 Å². The van der Waals surface area contributed by atoms with Crippen molar-refractivity contribution in [2.24, 2.45) is 17.8 Å². The zero-order valence-corrected chi connectivity index (χ0v) is 19.8. The van der Waals surface area contributed by atoms with E-state index in [9.17, 15) is 19.2 Å². The van der Waals surface area contributed by atoms with Crippen LogP contribution >= 0.6 is 0 Å². The second kappa shape index (κ2) is 9.74. The first-order chi connectivity index (χ1) is 17.4. The number of fused-ring (bicyclic) bond motifs is 1. The van der Waals surface area contributed by atoms with E-state index in [0.29, 0.717) is 17.7 Å². The van der Waals surface area contributed by atoms with Gasteiger partial charge in [0.25, 0.3) is 0 Å². The zero-order valence-electron chi connectivity index (χ0n) is 19.8. The Morgan fingerprint density at radius 3 is 2.14 bits per heavy atom. The van der Waals surface area contributed by atoms with E-state index in [1.54, 1.807) is 24.3 Å². The van der Waals surface area contributed by atoms with Crippen LogP contribution < -0.4 is 4.90 Å². The van der Waals surface area contributed by atoms with Crippen molar-refractivity contribution in [2.75, 3.05) is 11.5 Å². The Bertz CT molecular complexity index is 1340. The second-order valence-electron chi connectivity index (χ2n) is 9.16. The van der Waals surface area contributed by atoms with Crippen molar-refractivity contribution in [3.8, 4) is 11.1 Å². The molecule has 180 valence electrons. The Balaban J connectivity index is 1.20. The normalized spacial score (nSPS) is 20.8. The van der Waals surface area contributed by atoms with E-state index in [1.807, 2.05) is 61.5 Å². The molecule has 0 spiro atoms. The number of rotatable bonds is 6. The molecule has 6 nitrogen and oxygen atoms in total. The Hall–Kier alpha value is -4.32. The van der Waals surface area contributed by atoms with Gasteiger partial charge in [-0.2, -0.15) is 0 Å². The summed E-state index contributed by atoms with van der Waals surface area (Å²) in [5.74, 6) is -2.05. The summed E-state index contributed by atoms with van der Waals surface area (Å²) in [7, 11) is 0. The molecule has 0 aromatic heterocycles. The maximum absolute atomic E-state index is 12.9. The summed E-state index contributed by atoms with van der Waals surface area (Å²) in [6.07, 6.45) is 4.50. The predicted octanol–water partition coefficient (Wildman–Crippen LogP) is 5.09. The minimum absolute atomic E-state index is 0.00605. The molecule has 6 heteroatoms. The van der Waals surface area contributed by atoms with E-state index < -0.39 is 5.97 Å². The first-order valence-corrected chi connectivity index (χ1v) is 11.9. The van der Waals surface area contributed by atoms with Crippen molar-refractivity contribution in [3.05, 3.63) is 102 Å². The van der Waals surface area contributed by atoms with Crippen molar-refractivity contribution in [3.63, 3.8) is 0 Å². The summed E-state index contributed by atoms with van der Waals surface area (Å²) in [4.78, 5) is 52.0. The fraction of sp³-hybridized carbons (Fsp3) is 0.200. The minimum Gasteiger partial charge on any atom is -0.454 e. The molecule has 5 rings (SSSR count). The predicted molar refractivity (Wildman–Crippen MR) is 135 cm³/mol. The maximum atomic E-state index is 12.9. The number of Topliss-reactive ketones (excluding diaryl/α,β-unsaturated/α-hetero) is 1. The van der Waals surface area contributed by atoms with Crippen molar-refractivity contribution in [2.45, 2.75) is 13.3 Å². The van der Waals surface area contributed by atoms with Gasteiger partial charge in [0.2, 0.25) is 11.8 Å². The molecule has 0 unspecified atom stereocenters. The largest absolute Gasteiger partial charge is 0.454 e. The third-order valence-corrected chi connectivity index (χ3v) is 6.88. The molecule has 0 N–H and O–H groups in total. The summed E-state index contributed by atoms with van der Waals surface area (Å²) in [6, 6.07) is 23.1. The zero-order chi connectivity index (χ0) is 25.2. The van der Waals surface area contributed by atoms with Crippen molar-refractivity contribution >= 4 is 29.3 Å². The highest BCUT2D eigenvalue weighted by Crippen LogP contribution is 2.40. The van der Waals surface area contributed by atoms with Gasteiger partial charge in [-0.05, 0) is 47.7 Å². The topological polar surface area (TPSA) is 80.8 Å².